The molecule has 0 atom stereocenters. The number of unbranched alkanes of at least 4 members (excludes halogenated alkanes) is 1. The lowest BCUT2D eigenvalue weighted by Crippen LogP contribution is -2.14. The number of esters is 1. The molecule has 17 heavy (non-hydrogen) atoms. The van der Waals surface area contributed by atoms with E-state index in [1.54, 1.807) is 11.3 Å². The monoisotopic (exact) mass is 257 g/mol. The molecule has 0 radical (unpaired) electrons. The molecular weight excluding hydrogens is 238 g/mol. The number of carbonyl (C=O) groups excluding carboxylic acids is 1. The molecule has 1 heterocycles. The maximum absolute atomic E-state index is 11.1. The minimum Gasteiger partial charge on any atom is -0.469 e. The zero-order valence-electron chi connectivity index (χ0n) is 10.1. The first kappa shape index (κ1) is 14.2. The van der Waals surface area contributed by atoms with Crippen molar-refractivity contribution in [3.8, 4) is 0 Å². The van der Waals surface area contributed by atoms with E-state index in [2.05, 4.69) is 10.1 Å². The summed E-state index contributed by atoms with van der Waals surface area (Å²) in [6, 6.07) is 3.99. The van der Waals surface area contributed by atoms with Crippen LogP contribution in [0.3, 0.4) is 0 Å². The standard InChI is InChI=1S/C12H19NO3S/c1-16-12(15)8-10-4-5-11(17-10)9-13-6-2-3-7-14/h4-5,13-14H,2-3,6-9H2,1H3. The van der Waals surface area contributed by atoms with Gasteiger partial charge in [0.15, 0.2) is 0 Å². The van der Waals surface area contributed by atoms with E-state index in [1.807, 2.05) is 12.1 Å². The van der Waals surface area contributed by atoms with E-state index in [-0.39, 0.29) is 12.6 Å². The molecule has 1 aromatic heterocycles. The van der Waals surface area contributed by atoms with Crippen molar-refractivity contribution < 1.29 is 14.6 Å². The lowest BCUT2D eigenvalue weighted by molar-refractivity contribution is -0.139. The van der Waals surface area contributed by atoms with Gasteiger partial charge in [-0.1, -0.05) is 0 Å². The minimum absolute atomic E-state index is 0.200. The van der Waals surface area contributed by atoms with Crippen LogP contribution in [0.15, 0.2) is 12.1 Å². The summed E-state index contributed by atoms with van der Waals surface area (Å²) in [5.74, 6) is -0.200. The molecule has 0 saturated heterocycles. The van der Waals surface area contributed by atoms with Crippen molar-refractivity contribution >= 4 is 17.3 Å². The number of thiophene rings is 1. The van der Waals surface area contributed by atoms with Gasteiger partial charge in [-0.2, -0.15) is 0 Å². The molecule has 96 valence electrons. The third-order valence-electron chi connectivity index (χ3n) is 2.32. The molecule has 4 nitrogen and oxygen atoms in total. The van der Waals surface area contributed by atoms with Crippen LogP contribution in [-0.2, 0) is 22.5 Å². The number of hydrogen-bond acceptors (Lipinski definition) is 5. The molecule has 0 aliphatic heterocycles. The Morgan fingerprint density at radius 2 is 2.18 bits per heavy atom. The number of hydrogen-bond donors (Lipinski definition) is 2. The first-order valence-electron chi connectivity index (χ1n) is 5.72. The quantitative estimate of drug-likeness (QED) is 0.545. The Balaban J connectivity index is 2.23. The van der Waals surface area contributed by atoms with E-state index in [0.29, 0.717) is 6.42 Å². The third kappa shape index (κ3) is 5.81. The molecule has 5 heteroatoms. The highest BCUT2D eigenvalue weighted by atomic mass is 32.1. The van der Waals surface area contributed by atoms with E-state index in [0.717, 1.165) is 30.8 Å². The van der Waals surface area contributed by atoms with Crippen LogP contribution in [0.25, 0.3) is 0 Å². The Hall–Kier alpha value is -0.910. The number of carbonyl (C=O) groups is 1. The van der Waals surface area contributed by atoms with E-state index >= 15 is 0 Å². The zero-order valence-corrected chi connectivity index (χ0v) is 10.9. The van der Waals surface area contributed by atoms with Gasteiger partial charge in [0.1, 0.15) is 0 Å². The molecule has 0 aliphatic carbocycles. The summed E-state index contributed by atoms with van der Waals surface area (Å²) < 4.78 is 4.62. The van der Waals surface area contributed by atoms with E-state index < -0.39 is 0 Å². The molecule has 0 saturated carbocycles. The fraction of sp³-hybridized carbons (Fsp3) is 0.583. The minimum atomic E-state index is -0.200. The highest BCUT2D eigenvalue weighted by Crippen LogP contribution is 2.17. The second-order valence-corrected chi connectivity index (χ2v) is 4.98. The lowest BCUT2D eigenvalue weighted by Gasteiger charge is -2.01. The topological polar surface area (TPSA) is 58.6 Å². The van der Waals surface area contributed by atoms with Gasteiger partial charge < -0.3 is 15.2 Å². The fourth-order valence-corrected chi connectivity index (χ4v) is 2.37. The normalized spacial score (nSPS) is 10.5. The summed E-state index contributed by atoms with van der Waals surface area (Å²) in [7, 11) is 1.40. The predicted molar refractivity (Wildman–Crippen MR) is 68.1 cm³/mol. The van der Waals surface area contributed by atoms with Gasteiger partial charge in [0, 0.05) is 22.9 Å². The molecule has 0 spiro atoms. The summed E-state index contributed by atoms with van der Waals surface area (Å²) in [4.78, 5) is 13.3. The number of ether oxygens (including phenoxy) is 1. The van der Waals surface area contributed by atoms with Crippen molar-refractivity contribution in [2.45, 2.75) is 25.8 Å². The van der Waals surface area contributed by atoms with Crippen molar-refractivity contribution in [2.24, 2.45) is 0 Å². The first-order valence-corrected chi connectivity index (χ1v) is 6.54. The van der Waals surface area contributed by atoms with Gasteiger partial charge in [-0.15, -0.1) is 11.3 Å². The Morgan fingerprint density at radius 1 is 1.41 bits per heavy atom. The summed E-state index contributed by atoms with van der Waals surface area (Å²) in [6.07, 6.45) is 2.17. The fourth-order valence-electron chi connectivity index (χ4n) is 1.40. The summed E-state index contributed by atoms with van der Waals surface area (Å²) in [6.45, 7) is 1.98. The molecule has 1 rings (SSSR count). The molecule has 0 fully saturated rings. The Labute approximate surface area is 106 Å². The van der Waals surface area contributed by atoms with Crippen LogP contribution in [0.2, 0.25) is 0 Å². The van der Waals surface area contributed by atoms with E-state index in [1.165, 1.54) is 12.0 Å². The Morgan fingerprint density at radius 3 is 2.88 bits per heavy atom. The highest BCUT2D eigenvalue weighted by molar-refractivity contribution is 7.12. The maximum atomic E-state index is 11.1. The molecule has 0 aromatic carbocycles. The van der Waals surface area contributed by atoms with Crippen LogP contribution < -0.4 is 5.32 Å². The second-order valence-electron chi connectivity index (χ2n) is 3.73. The lowest BCUT2D eigenvalue weighted by atomic mass is 10.3. The van der Waals surface area contributed by atoms with Crippen molar-refractivity contribution in [1.82, 2.24) is 5.32 Å². The first-order chi connectivity index (χ1) is 8.26. The highest BCUT2D eigenvalue weighted by Gasteiger charge is 2.05. The number of aliphatic hydroxyl groups is 1. The van der Waals surface area contributed by atoms with Crippen molar-refractivity contribution in [1.29, 1.82) is 0 Å². The van der Waals surface area contributed by atoms with Gasteiger partial charge in [-0.25, -0.2) is 0 Å². The smallest absolute Gasteiger partial charge is 0.310 e. The van der Waals surface area contributed by atoms with Crippen molar-refractivity contribution in [2.75, 3.05) is 20.3 Å². The second kappa shape index (κ2) is 8.22. The largest absolute Gasteiger partial charge is 0.469 e. The summed E-state index contributed by atoms with van der Waals surface area (Å²) in [5.41, 5.74) is 0. The van der Waals surface area contributed by atoms with Gasteiger partial charge in [0.05, 0.1) is 13.5 Å². The van der Waals surface area contributed by atoms with Crippen LogP contribution in [0.5, 0.6) is 0 Å². The average molecular weight is 257 g/mol. The molecule has 2 N–H and O–H groups in total. The molecule has 0 amide bonds. The molecule has 0 bridgehead atoms. The molecule has 0 aliphatic rings. The SMILES string of the molecule is COC(=O)Cc1ccc(CNCCCCO)s1. The molecule has 1 aromatic rings. The Kier molecular flexibility index (Phi) is 6.84. The molecule has 0 unspecified atom stereocenters. The Bertz CT molecular complexity index is 338. The summed E-state index contributed by atoms with van der Waals surface area (Å²) >= 11 is 1.63. The number of methoxy groups -OCH3 is 1. The van der Waals surface area contributed by atoms with Crippen LogP contribution in [0.1, 0.15) is 22.6 Å². The van der Waals surface area contributed by atoms with Crippen LogP contribution in [0, 0.1) is 0 Å². The van der Waals surface area contributed by atoms with E-state index in [9.17, 15) is 4.79 Å². The molecular formula is C12H19NO3S. The number of aliphatic hydroxyl groups excluding tert-OH is 1. The third-order valence-corrected chi connectivity index (χ3v) is 3.41. The van der Waals surface area contributed by atoms with Gasteiger partial charge in [-0.05, 0) is 31.5 Å². The van der Waals surface area contributed by atoms with Gasteiger partial charge in [-0.3, -0.25) is 4.79 Å². The van der Waals surface area contributed by atoms with Gasteiger partial charge in [0.2, 0.25) is 0 Å². The predicted octanol–water partition coefficient (Wildman–Crippen LogP) is 1.33. The van der Waals surface area contributed by atoms with Crippen LogP contribution in [0.4, 0.5) is 0 Å². The van der Waals surface area contributed by atoms with Crippen LogP contribution >= 0.6 is 11.3 Å². The van der Waals surface area contributed by atoms with Gasteiger partial charge in [0.25, 0.3) is 0 Å². The van der Waals surface area contributed by atoms with Gasteiger partial charge >= 0.3 is 5.97 Å². The summed E-state index contributed by atoms with van der Waals surface area (Å²) in [5, 5.41) is 11.9. The van der Waals surface area contributed by atoms with Crippen LogP contribution in [-0.4, -0.2) is 31.3 Å². The average Bonchev–Trinajstić information content (AvgIpc) is 2.76. The number of nitrogens with one attached hydrogen (secondary N) is 1. The van der Waals surface area contributed by atoms with E-state index in [4.69, 9.17) is 5.11 Å². The van der Waals surface area contributed by atoms with Crippen molar-refractivity contribution in [3.63, 3.8) is 0 Å². The zero-order chi connectivity index (χ0) is 12.5. The number of rotatable bonds is 8. The maximum Gasteiger partial charge on any atom is 0.310 e. The van der Waals surface area contributed by atoms with Crippen molar-refractivity contribution in [3.05, 3.63) is 21.9 Å².